The quantitative estimate of drug-likeness (QED) is 0.482. The van der Waals surface area contributed by atoms with Crippen LogP contribution >= 0.6 is 0 Å². The van der Waals surface area contributed by atoms with Crippen molar-refractivity contribution < 1.29 is 4.74 Å². The number of H-pyrrole nitrogens is 1. The second-order valence-corrected chi connectivity index (χ2v) is 7.74. The van der Waals surface area contributed by atoms with Crippen LogP contribution in [0.3, 0.4) is 0 Å². The predicted molar refractivity (Wildman–Crippen MR) is 117 cm³/mol. The van der Waals surface area contributed by atoms with E-state index in [1.54, 1.807) is 18.6 Å². The number of nitrogens with one attached hydrogen (secondary N) is 1. The average molecular weight is 401 g/mol. The normalized spacial score (nSPS) is 14.1. The van der Waals surface area contributed by atoms with E-state index in [0.29, 0.717) is 17.1 Å². The summed E-state index contributed by atoms with van der Waals surface area (Å²) < 4.78 is 6.02. The van der Waals surface area contributed by atoms with Gasteiger partial charge in [0.15, 0.2) is 11.6 Å². The Balaban J connectivity index is 1.53. The molecule has 8 heteroatoms. The van der Waals surface area contributed by atoms with E-state index in [-0.39, 0.29) is 11.7 Å². The van der Waals surface area contributed by atoms with Crippen LogP contribution in [0.15, 0.2) is 36.8 Å². The van der Waals surface area contributed by atoms with Crippen molar-refractivity contribution >= 4 is 22.5 Å². The fourth-order valence-corrected chi connectivity index (χ4v) is 4.04. The molecule has 0 saturated carbocycles. The molecule has 0 spiro atoms. The number of nitrogens with zero attached hydrogens (tertiary/aromatic N) is 4. The first-order valence-corrected chi connectivity index (χ1v) is 9.83. The SMILES string of the molecule is Cc1cc(-c2cnc(N)c(Oc3c[nH]c4c(N)nccc34)n2)cc2c1CCN(C)C2. The van der Waals surface area contributed by atoms with E-state index in [0.717, 1.165) is 36.2 Å². The molecule has 0 amide bonds. The van der Waals surface area contributed by atoms with Crippen molar-refractivity contribution in [2.24, 2.45) is 0 Å². The van der Waals surface area contributed by atoms with Crippen LogP contribution in [0.25, 0.3) is 22.2 Å². The lowest BCUT2D eigenvalue weighted by Gasteiger charge is -2.27. The first-order chi connectivity index (χ1) is 14.5. The summed E-state index contributed by atoms with van der Waals surface area (Å²) in [4.78, 5) is 18.5. The Bertz CT molecular complexity index is 1260. The molecule has 1 aliphatic heterocycles. The van der Waals surface area contributed by atoms with Crippen LogP contribution < -0.4 is 16.2 Å². The van der Waals surface area contributed by atoms with Crippen LogP contribution in [0.1, 0.15) is 16.7 Å². The third-order valence-corrected chi connectivity index (χ3v) is 5.61. The smallest absolute Gasteiger partial charge is 0.263 e. The highest BCUT2D eigenvalue weighted by molar-refractivity contribution is 5.92. The first kappa shape index (κ1) is 18.4. The van der Waals surface area contributed by atoms with Gasteiger partial charge in [0, 0.05) is 36.4 Å². The Labute approximate surface area is 173 Å². The Morgan fingerprint density at radius 1 is 1.17 bits per heavy atom. The summed E-state index contributed by atoms with van der Waals surface area (Å²) in [6, 6.07) is 6.18. The van der Waals surface area contributed by atoms with Gasteiger partial charge in [0.1, 0.15) is 5.82 Å². The van der Waals surface area contributed by atoms with Crippen LogP contribution in [0.2, 0.25) is 0 Å². The van der Waals surface area contributed by atoms with Crippen molar-refractivity contribution in [2.45, 2.75) is 19.9 Å². The van der Waals surface area contributed by atoms with E-state index in [9.17, 15) is 0 Å². The molecule has 0 atom stereocenters. The summed E-state index contributed by atoms with van der Waals surface area (Å²) in [6.45, 7) is 4.16. The lowest BCUT2D eigenvalue weighted by Crippen LogP contribution is -2.27. The Kier molecular flexibility index (Phi) is 4.29. The van der Waals surface area contributed by atoms with Gasteiger partial charge in [-0.15, -0.1) is 0 Å². The summed E-state index contributed by atoms with van der Waals surface area (Å²) in [5.74, 6) is 1.46. The van der Waals surface area contributed by atoms with Crippen LogP contribution in [0.5, 0.6) is 11.6 Å². The van der Waals surface area contributed by atoms with Gasteiger partial charge >= 0.3 is 0 Å². The van der Waals surface area contributed by atoms with Gasteiger partial charge in [-0.3, -0.25) is 0 Å². The van der Waals surface area contributed by atoms with Crippen LogP contribution in [0, 0.1) is 6.92 Å². The molecular formula is C22H23N7O. The molecule has 1 aromatic carbocycles. The van der Waals surface area contributed by atoms with Crippen molar-refractivity contribution in [3.8, 4) is 22.9 Å². The molecule has 0 aliphatic carbocycles. The molecule has 0 fully saturated rings. The van der Waals surface area contributed by atoms with Gasteiger partial charge in [-0.2, -0.15) is 0 Å². The monoisotopic (exact) mass is 401 g/mol. The minimum absolute atomic E-state index is 0.226. The maximum Gasteiger partial charge on any atom is 0.263 e. The second-order valence-electron chi connectivity index (χ2n) is 7.74. The minimum atomic E-state index is 0.226. The Morgan fingerprint density at radius 3 is 2.90 bits per heavy atom. The Morgan fingerprint density at radius 2 is 2.03 bits per heavy atom. The van der Waals surface area contributed by atoms with Crippen molar-refractivity contribution in [3.63, 3.8) is 0 Å². The lowest BCUT2D eigenvalue weighted by molar-refractivity contribution is 0.312. The summed E-state index contributed by atoms with van der Waals surface area (Å²) in [5.41, 5.74) is 18.5. The van der Waals surface area contributed by atoms with E-state index in [4.69, 9.17) is 16.2 Å². The summed E-state index contributed by atoms with van der Waals surface area (Å²) in [7, 11) is 2.14. The number of nitrogen functional groups attached to an aromatic ring is 2. The van der Waals surface area contributed by atoms with Crippen LogP contribution in [-0.2, 0) is 13.0 Å². The number of anilines is 2. The molecule has 0 bridgehead atoms. The maximum absolute atomic E-state index is 6.06. The Hall–Kier alpha value is -3.65. The molecule has 3 aromatic heterocycles. The standard InChI is InChI=1S/C22H23N7O/c1-12-7-13(8-14-11-29(2)6-4-15(12)14)17-9-27-21(24)22(28-17)30-18-10-26-19-16(18)3-5-25-20(19)23/h3,5,7-10,26H,4,6,11H2,1-2H3,(H2,23,25)(H2,24,27). The average Bonchev–Trinajstić information content (AvgIpc) is 3.13. The molecule has 152 valence electrons. The van der Waals surface area contributed by atoms with Crippen molar-refractivity contribution in [1.82, 2.24) is 24.8 Å². The molecule has 4 heterocycles. The van der Waals surface area contributed by atoms with Gasteiger partial charge in [-0.1, -0.05) is 0 Å². The first-order valence-electron chi connectivity index (χ1n) is 9.83. The number of hydrogen-bond donors (Lipinski definition) is 3. The maximum atomic E-state index is 6.06. The van der Waals surface area contributed by atoms with E-state index in [2.05, 4.69) is 50.9 Å². The molecule has 5 rings (SSSR count). The number of aryl methyl sites for hydroxylation is 1. The number of pyridine rings is 1. The predicted octanol–water partition coefficient (Wildman–Crippen LogP) is 3.27. The van der Waals surface area contributed by atoms with Crippen LogP contribution in [0.4, 0.5) is 11.6 Å². The zero-order valence-electron chi connectivity index (χ0n) is 16.9. The minimum Gasteiger partial charge on any atom is -0.434 e. The summed E-state index contributed by atoms with van der Waals surface area (Å²) in [5, 5.41) is 0.807. The zero-order chi connectivity index (χ0) is 20.8. The number of aromatic amines is 1. The molecular weight excluding hydrogens is 378 g/mol. The highest BCUT2D eigenvalue weighted by Crippen LogP contribution is 2.34. The molecule has 0 radical (unpaired) electrons. The van der Waals surface area contributed by atoms with E-state index in [1.807, 2.05) is 6.07 Å². The molecule has 0 unspecified atom stereocenters. The summed E-state index contributed by atoms with van der Waals surface area (Å²) >= 11 is 0. The van der Waals surface area contributed by atoms with Gasteiger partial charge in [0.05, 0.1) is 17.4 Å². The fourth-order valence-electron chi connectivity index (χ4n) is 4.04. The molecule has 8 nitrogen and oxygen atoms in total. The number of ether oxygens (including phenoxy) is 1. The zero-order valence-corrected chi connectivity index (χ0v) is 16.9. The number of aromatic nitrogens is 4. The van der Waals surface area contributed by atoms with Gasteiger partial charge in [-0.25, -0.2) is 15.0 Å². The fraction of sp³-hybridized carbons (Fsp3) is 0.227. The van der Waals surface area contributed by atoms with E-state index >= 15 is 0 Å². The van der Waals surface area contributed by atoms with Crippen LogP contribution in [-0.4, -0.2) is 38.4 Å². The largest absolute Gasteiger partial charge is 0.434 e. The topological polar surface area (TPSA) is 119 Å². The molecule has 4 aromatic rings. The molecule has 30 heavy (non-hydrogen) atoms. The molecule has 5 N–H and O–H groups in total. The third-order valence-electron chi connectivity index (χ3n) is 5.61. The number of nitrogens with two attached hydrogens (primary N) is 2. The number of rotatable bonds is 3. The van der Waals surface area contributed by atoms with Gasteiger partial charge in [-0.05, 0) is 55.3 Å². The van der Waals surface area contributed by atoms with Gasteiger partial charge in [0.2, 0.25) is 0 Å². The number of likely N-dealkylation sites (N-methyl/N-ethyl adjacent to an activating group) is 1. The van der Waals surface area contributed by atoms with E-state index < -0.39 is 0 Å². The second kappa shape index (κ2) is 7.00. The summed E-state index contributed by atoms with van der Waals surface area (Å²) in [6.07, 6.45) is 6.11. The lowest BCUT2D eigenvalue weighted by atomic mass is 9.92. The number of benzene rings is 1. The van der Waals surface area contributed by atoms with Crippen molar-refractivity contribution in [2.75, 3.05) is 25.1 Å². The van der Waals surface area contributed by atoms with E-state index in [1.165, 1.54) is 16.7 Å². The molecule has 0 saturated heterocycles. The van der Waals surface area contributed by atoms with Gasteiger partial charge in [0.25, 0.3) is 5.88 Å². The van der Waals surface area contributed by atoms with Crippen molar-refractivity contribution in [1.29, 1.82) is 0 Å². The third kappa shape index (κ3) is 3.11. The molecule has 1 aliphatic rings. The highest BCUT2D eigenvalue weighted by atomic mass is 16.5. The highest BCUT2D eigenvalue weighted by Gasteiger charge is 2.18. The van der Waals surface area contributed by atoms with Gasteiger partial charge < -0.3 is 26.1 Å². The number of fused-ring (bicyclic) bond motifs is 2. The number of hydrogen-bond acceptors (Lipinski definition) is 7. The van der Waals surface area contributed by atoms with Crippen molar-refractivity contribution in [3.05, 3.63) is 53.5 Å².